The summed E-state index contributed by atoms with van der Waals surface area (Å²) in [6.45, 7) is -0.125. The van der Waals surface area contributed by atoms with Crippen LogP contribution in [0.1, 0.15) is 5.56 Å². The molecule has 24 heavy (non-hydrogen) atoms. The van der Waals surface area contributed by atoms with Crippen LogP contribution in [0.3, 0.4) is 0 Å². The van der Waals surface area contributed by atoms with E-state index in [4.69, 9.17) is 10.00 Å². The van der Waals surface area contributed by atoms with Crippen molar-refractivity contribution in [1.82, 2.24) is 19.7 Å². The molecule has 0 atom stereocenters. The predicted octanol–water partition coefficient (Wildman–Crippen LogP) is 1.80. The van der Waals surface area contributed by atoms with Crippen molar-refractivity contribution in [2.24, 2.45) is 0 Å². The van der Waals surface area contributed by atoms with E-state index < -0.39 is 11.8 Å². The van der Waals surface area contributed by atoms with E-state index in [1.807, 2.05) is 0 Å². The Labute approximate surface area is 135 Å². The SMILES string of the molecule is COC(=O)Cn1ncc2c(Oc3cccc(F)c3C#N)ncnc21. The number of methoxy groups -OCH3 is 1. The fourth-order valence-electron chi connectivity index (χ4n) is 2.06. The zero-order valence-electron chi connectivity index (χ0n) is 12.4. The molecule has 0 spiro atoms. The lowest BCUT2D eigenvalue weighted by atomic mass is 10.2. The third-order valence-corrected chi connectivity index (χ3v) is 3.20. The highest BCUT2D eigenvalue weighted by atomic mass is 19.1. The van der Waals surface area contributed by atoms with Gasteiger partial charge in [-0.1, -0.05) is 6.07 Å². The molecule has 0 aliphatic heterocycles. The van der Waals surface area contributed by atoms with Crippen molar-refractivity contribution in [2.45, 2.75) is 6.54 Å². The maximum atomic E-state index is 13.7. The van der Waals surface area contributed by atoms with Gasteiger partial charge in [0.25, 0.3) is 0 Å². The lowest BCUT2D eigenvalue weighted by Gasteiger charge is -2.07. The molecular formula is C15H10FN5O3. The molecule has 0 unspecified atom stereocenters. The number of aromatic nitrogens is 4. The molecule has 0 aliphatic rings. The molecule has 2 heterocycles. The van der Waals surface area contributed by atoms with Crippen molar-refractivity contribution < 1.29 is 18.7 Å². The van der Waals surface area contributed by atoms with Crippen molar-refractivity contribution in [3.63, 3.8) is 0 Å². The number of halogens is 1. The Balaban J connectivity index is 2.01. The lowest BCUT2D eigenvalue weighted by Crippen LogP contribution is -2.13. The van der Waals surface area contributed by atoms with Crippen LogP contribution in [0.15, 0.2) is 30.7 Å². The van der Waals surface area contributed by atoms with Crippen molar-refractivity contribution >= 4 is 17.0 Å². The van der Waals surface area contributed by atoms with E-state index in [2.05, 4.69) is 19.8 Å². The second-order valence-electron chi connectivity index (χ2n) is 4.62. The number of fused-ring (bicyclic) bond motifs is 1. The standard InChI is InChI=1S/C15H10FN5O3/c1-23-13(22)7-21-14-10(6-20-21)15(19-8-18-14)24-12-4-2-3-11(16)9(12)5-17/h2-4,6,8H,7H2,1H3. The summed E-state index contributed by atoms with van der Waals surface area (Å²) in [7, 11) is 1.27. The summed E-state index contributed by atoms with van der Waals surface area (Å²) in [4.78, 5) is 19.4. The number of hydrogen-bond donors (Lipinski definition) is 0. The van der Waals surface area contributed by atoms with E-state index in [0.717, 1.165) is 6.07 Å². The highest BCUT2D eigenvalue weighted by Gasteiger charge is 2.16. The first-order chi connectivity index (χ1) is 11.6. The Bertz CT molecular complexity index is 963. The first kappa shape index (κ1) is 15.4. The first-order valence-electron chi connectivity index (χ1n) is 6.74. The molecule has 1 aromatic carbocycles. The molecule has 3 aromatic rings. The lowest BCUT2D eigenvalue weighted by molar-refractivity contribution is -0.141. The average Bonchev–Trinajstić information content (AvgIpc) is 2.99. The van der Waals surface area contributed by atoms with Crippen LogP contribution in [0, 0.1) is 17.1 Å². The van der Waals surface area contributed by atoms with Crippen LogP contribution in [-0.4, -0.2) is 32.8 Å². The van der Waals surface area contributed by atoms with Crippen molar-refractivity contribution in [1.29, 1.82) is 5.26 Å². The quantitative estimate of drug-likeness (QED) is 0.673. The monoisotopic (exact) mass is 327 g/mol. The van der Waals surface area contributed by atoms with Crippen LogP contribution < -0.4 is 4.74 Å². The van der Waals surface area contributed by atoms with E-state index in [-0.39, 0.29) is 23.7 Å². The molecule has 0 N–H and O–H groups in total. The van der Waals surface area contributed by atoms with Crippen molar-refractivity contribution in [3.8, 4) is 17.7 Å². The second-order valence-corrected chi connectivity index (χ2v) is 4.62. The molecular weight excluding hydrogens is 317 g/mol. The smallest absolute Gasteiger partial charge is 0.327 e. The van der Waals surface area contributed by atoms with E-state index in [1.165, 1.54) is 36.4 Å². The third-order valence-electron chi connectivity index (χ3n) is 3.20. The maximum absolute atomic E-state index is 13.7. The number of esters is 1. The van der Waals surface area contributed by atoms with E-state index in [0.29, 0.717) is 11.0 Å². The summed E-state index contributed by atoms with van der Waals surface area (Å²) in [6.07, 6.45) is 2.64. The van der Waals surface area contributed by atoms with Gasteiger partial charge in [0.2, 0.25) is 5.88 Å². The molecule has 0 radical (unpaired) electrons. The summed E-state index contributed by atoms with van der Waals surface area (Å²) in [5.41, 5.74) is 0.117. The van der Waals surface area contributed by atoms with Gasteiger partial charge >= 0.3 is 5.97 Å². The second kappa shape index (κ2) is 6.29. The number of hydrogen-bond acceptors (Lipinski definition) is 7. The zero-order valence-corrected chi connectivity index (χ0v) is 12.4. The number of benzene rings is 1. The van der Waals surface area contributed by atoms with Crippen molar-refractivity contribution in [2.75, 3.05) is 7.11 Å². The van der Waals surface area contributed by atoms with Crippen LogP contribution in [0.4, 0.5) is 4.39 Å². The minimum absolute atomic E-state index is 0.0261. The van der Waals surface area contributed by atoms with Gasteiger partial charge in [-0.2, -0.15) is 10.4 Å². The van der Waals surface area contributed by atoms with Crippen LogP contribution in [0.2, 0.25) is 0 Å². The van der Waals surface area contributed by atoms with E-state index >= 15 is 0 Å². The summed E-state index contributed by atoms with van der Waals surface area (Å²) >= 11 is 0. The van der Waals surface area contributed by atoms with Crippen LogP contribution in [0.25, 0.3) is 11.0 Å². The Kier molecular flexibility index (Phi) is 4.03. The number of nitrogens with zero attached hydrogens (tertiary/aromatic N) is 5. The van der Waals surface area contributed by atoms with Gasteiger partial charge in [0, 0.05) is 0 Å². The Hall–Kier alpha value is -3.54. The topological polar surface area (TPSA) is 103 Å². The normalized spacial score (nSPS) is 10.4. The van der Waals surface area contributed by atoms with Gasteiger partial charge < -0.3 is 9.47 Å². The predicted molar refractivity (Wildman–Crippen MR) is 78.5 cm³/mol. The summed E-state index contributed by atoms with van der Waals surface area (Å²) in [6, 6.07) is 5.78. The van der Waals surface area contributed by atoms with E-state index in [1.54, 1.807) is 6.07 Å². The largest absolute Gasteiger partial charge is 0.468 e. The Morgan fingerprint density at radius 3 is 3.00 bits per heavy atom. The molecule has 8 nitrogen and oxygen atoms in total. The summed E-state index contributed by atoms with van der Waals surface area (Å²) in [5, 5.41) is 13.5. The molecule has 2 aromatic heterocycles. The minimum atomic E-state index is -0.693. The minimum Gasteiger partial charge on any atom is -0.468 e. The van der Waals surface area contributed by atoms with Gasteiger partial charge in [0.15, 0.2) is 5.65 Å². The Morgan fingerprint density at radius 2 is 2.25 bits per heavy atom. The van der Waals surface area contributed by atoms with Gasteiger partial charge in [0.1, 0.15) is 41.5 Å². The maximum Gasteiger partial charge on any atom is 0.327 e. The number of carbonyl (C=O) groups excluding carboxylic acids is 1. The van der Waals surface area contributed by atoms with Crippen LogP contribution in [-0.2, 0) is 16.1 Å². The molecule has 120 valence electrons. The number of rotatable bonds is 4. The molecule has 3 rings (SSSR count). The Morgan fingerprint density at radius 1 is 1.42 bits per heavy atom. The molecule has 0 aliphatic carbocycles. The molecule has 9 heteroatoms. The molecule has 0 saturated heterocycles. The highest BCUT2D eigenvalue weighted by Crippen LogP contribution is 2.29. The fraction of sp³-hybridized carbons (Fsp3) is 0.133. The summed E-state index contributed by atoms with van der Waals surface area (Å²) < 4.78 is 25.1. The van der Waals surface area contributed by atoms with Gasteiger partial charge in [-0.05, 0) is 12.1 Å². The van der Waals surface area contributed by atoms with Crippen molar-refractivity contribution in [3.05, 3.63) is 42.1 Å². The number of carbonyl (C=O) groups is 1. The molecule has 0 fully saturated rings. The van der Waals surface area contributed by atoms with E-state index in [9.17, 15) is 9.18 Å². The van der Waals surface area contributed by atoms with Crippen LogP contribution in [0.5, 0.6) is 11.6 Å². The zero-order chi connectivity index (χ0) is 17.1. The number of ether oxygens (including phenoxy) is 2. The third kappa shape index (κ3) is 2.72. The van der Waals surface area contributed by atoms with Gasteiger partial charge in [-0.25, -0.2) is 19.0 Å². The first-order valence-corrected chi connectivity index (χ1v) is 6.74. The average molecular weight is 327 g/mol. The van der Waals surface area contributed by atoms with Gasteiger partial charge in [-0.3, -0.25) is 4.79 Å². The summed E-state index contributed by atoms with van der Waals surface area (Å²) in [5.74, 6) is -1.06. The van der Waals surface area contributed by atoms with Gasteiger partial charge in [0.05, 0.1) is 13.3 Å². The van der Waals surface area contributed by atoms with Gasteiger partial charge in [-0.15, -0.1) is 0 Å². The molecule has 0 bridgehead atoms. The molecule has 0 amide bonds. The number of nitriles is 1. The fourth-order valence-corrected chi connectivity index (χ4v) is 2.06. The van der Waals surface area contributed by atoms with Crippen LogP contribution >= 0.6 is 0 Å². The highest BCUT2D eigenvalue weighted by molar-refractivity contribution is 5.81. The molecule has 0 saturated carbocycles.